The smallest absolute Gasteiger partial charge is 0.457 e. The van der Waals surface area contributed by atoms with Gasteiger partial charge in [0.15, 0.2) is 23.8 Å². The van der Waals surface area contributed by atoms with Gasteiger partial charge >= 0.3 is 11.8 Å². The lowest BCUT2D eigenvalue weighted by atomic mass is 9.82. The van der Waals surface area contributed by atoms with Crippen molar-refractivity contribution in [2.75, 3.05) is 6.61 Å². The summed E-state index contributed by atoms with van der Waals surface area (Å²) in [6.45, 7) is 2.19. The van der Waals surface area contributed by atoms with Crippen molar-refractivity contribution in [3.8, 4) is 11.1 Å². The van der Waals surface area contributed by atoms with Gasteiger partial charge in [-0.05, 0) is 43.4 Å². The maximum atomic E-state index is 13.0. The molecule has 4 rings (SSSR count). The molecule has 1 amide bonds. The zero-order chi connectivity index (χ0) is 27.1. The molecule has 0 fully saturated rings. The summed E-state index contributed by atoms with van der Waals surface area (Å²) in [5.41, 5.74) is 1.76. The molecular formula is C27H28N4O7. The Labute approximate surface area is 217 Å². The molecule has 198 valence electrons. The van der Waals surface area contributed by atoms with Gasteiger partial charge in [0.25, 0.3) is 5.91 Å². The minimum absolute atomic E-state index is 0.0562. The summed E-state index contributed by atoms with van der Waals surface area (Å²) in [5, 5.41) is 22.9. The number of nitrogens with zero attached hydrogens (tertiary/aromatic N) is 2. The Morgan fingerprint density at radius 3 is 2.42 bits per heavy atom. The maximum Gasteiger partial charge on any atom is 0.519 e. The molecule has 0 spiro atoms. The zero-order valence-electron chi connectivity index (χ0n) is 21.0. The first-order valence-corrected chi connectivity index (χ1v) is 12.0. The third kappa shape index (κ3) is 6.43. The fourth-order valence-corrected chi connectivity index (χ4v) is 4.06. The summed E-state index contributed by atoms with van der Waals surface area (Å²) >= 11 is 0. The molecule has 0 aliphatic carbocycles. The quantitative estimate of drug-likeness (QED) is 0.253. The van der Waals surface area contributed by atoms with Crippen LogP contribution in [0.1, 0.15) is 40.9 Å². The molecule has 0 aliphatic heterocycles. The van der Waals surface area contributed by atoms with Crippen molar-refractivity contribution in [2.45, 2.75) is 39.3 Å². The van der Waals surface area contributed by atoms with Gasteiger partial charge in [0, 0.05) is 6.04 Å². The van der Waals surface area contributed by atoms with E-state index in [0.29, 0.717) is 6.42 Å². The van der Waals surface area contributed by atoms with Crippen molar-refractivity contribution >= 4 is 11.9 Å². The molecular weight excluding hydrogens is 492 g/mol. The molecule has 0 saturated heterocycles. The number of hydrogen-bond acceptors (Lipinski definition) is 9. The van der Waals surface area contributed by atoms with Crippen LogP contribution < -0.4 is 11.1 Å². The number of esters is 1. The van der Waals surface area contributed by atoms with Crippen LogP contribution in [0.25, 0.3) is 11.1 Å². The summed E-state index contributed by atoms with van der Waals surface area (Å²) in [5.74, 6) is -1.81. The van der Waals surface area contributed by atoms with Gasteiger partial charge in [-0.2, -0.15) is 0 Å². The van der Waals surface area contributed by atoms with E-state index in [-0.39, 0.29) is 30.2 Å². The first kappa shape index (κ1) is 26.6. The number of aliphatic hydroxyl groups is 1. The topological polar surface area (TPSA) is 161 Å². The number of benzene rings is 2. The Hall–Kier alpha value is -4.51. The van der Waals surface area contributed by atoms with E-state index in [1.54, 1.807) is 6.92 Å². The van der Waals surface area contributed by atoms with E-state index in [0.717, 1.165) is 16.7 Å². The molecule has 2 aromatic heterocycles. The number of aromatic amines is 1. The average Bonchev–Trinajstić information content (AvgIpc) is 3.57. The van der Waals surface area contributed by atoms with Crippen LogP contribution in [0.2, 0.25) is 0 Å². The van der Waals surface area contributed by atoms with Gasteiger partial charge in [0.1, 0.15) is 0 Å². The molecule has 2 aromatic carbocycles. The second-order valence-corrected chi connectivity index (χ2v) is 9.23. The highest BCUT2D eigenvalue weighted by molar-refractivity contribution is 5.92. The fraction of sp³-hybridized carbons (Fsp3) is 0.296. The van der Waals surface area contributed by atoms with Crippen LogP contribution in [0.3, 0.4) is 0 Å². The van der Waals surface area contributed by atoms with E-state index in [1.807, 2.05) is 54.6 Å². The standard InChI is InChI=1S/C27H28N4O7/c1-17-23(38-26(35)37-17)15-36-25(34)27(2,16-32)13-21(29-24(33)22-14-28-31-30-22)12-18-8-10-20(11-9-18)19-6-4-3-5-7-19/h3-11,14,21,32H,12-13,15-16H2,1-2H3,(H,29,33)(H,28,30,31)/t21-,27-/m1/s1. The summed E-state index contributed by atoms with van der Waals surface area (Å²) < 4.78 is 15.0. The number of carbonyl (C=O) groups is 2. The highest BCUT2D eigenvalue weighted by Gasteiger charge is 2.38. The highest BCUT2D eigenvalue weighted by Crippen LogP contribution is 2.28. The highest BCUT2D eigenvalue weighted by atomic mass is 16.6. The van der Waals surface area contributed by atoms with Gasteiger partial charge in [0.05, 0.1) is 18.2 Å². The molecule has 2 atom stereocenters. The number of aryl methyl sites for hydroxylation is 1. The SMILES string of the molecule is Cc1oc(=O)oc1COC(=O)[C@@](C)(CO)C[C@@H](Cc1ccc(-c2ccccc2)cc1)NC(=O)c1c[nH]nn1. The van der Waals surface area contributed by atoms with E-state index in [1.165, 1.54) is 13.1 Å². The summed E-state index contributed by atoms with van der Waals surface area (Å²) in [4.78, 5) is 37.1. The molecule has 11 heteroatoms. The molecule has 0 radical (unpaired) electrons. The van der Waals surface area contributed by atoms with Gasteiger partial charge in [-0.3, -0.25) is 14.7 Å². The molecule has 38 heavy (non-hydrogen) atoms. The van der Waals surface area contributed by atoms with E-state index in [9.17, 15) is 19.5 Å². The predicted octanol–water partition coefficient (Wildman–Crippen LogP) is 2.80. The van der Waals surface area contributed by atoms with Crippen molar-refractivity contribution in [1.29, 1.82) is 0 Å². The number of rotatable bonds is 11. The molecule has 4 aromatic rings. The van der Waals surface area contributed by atoms with Crippen molar-refractivity contribution in [2.24, 2.45) is 5.41 Å². The van der Waals surface area contributed by atoms with Crippen LogP contribution >= 0.6 is 0 Å². The van der Waals surface area contributed by atoms with Crippen molar-refractivity contribution < 1.29 is 28.3 Å². The lowest BCUT2D eigenvalue weighted by Crippen LogP contribution is -2.44. The van der Waals surface area contributed by atoms with Crippen LogP contribution in [-0.4, -0.2) is 45.0 Å². The van der Waals surface area contributed by atoms with Crippen LogP contribution in [0.5, 0.6) is 0 Å². The first-order valence-electron chi connectivity index (χ1n) is 12.0. The lowest BCUT2D eigenvalue weighted by Gasteiger charge is -2.30. The Morgan fingerprint density at radius 2 is 1.82 bits per heavy atom. The van der Waals surface area contributed by atoms with Gasteiger partial charge in [-0.15, -0.1) is 5.10 Å². The van der Waals surface area contributed by atoms with E-state index in [4.69, 9.17) is 13.6 Å². The molecule has 3 N–H and O–H groups in total. The number of ether oxygens (including phenoxy) is 1. The number of hydrogen-bond donors (Lipinski definition) is 3. The van der Waals surface area contributed by atoms with Gasteiger partial charge in [0.2, 0.25) is 0 Å². The summed E-state index contributed by atoms with van der Waals surface area (Å²) in [6, 6.07) is 17.2. The molecule has 2 heterocycles. The third-order valence-electron chi connectivity index (χ3n) is 6.24. The Balaban J connectivity index is 1.50. The Kier molecular flexibility index (Phi) is 8.17. The van der Waals surface area contributed by atoms with Crippen LogP contribution in [-0.2, 0) is 22.6 Å². The number of carbonyl (C=O) groups excluding carboxylic acids is 2. The minimum Gasteiger partial charge on any atom is -0.457 e. The van der Waals surface area contributed by atoms with Gasteiger partial charge in [-0.1, -0.05) is 59.8 Å². The molecule has 0 aliphatic rings. The van der Waals surface area contributed by atoms with Crippen LogP contribution in [0.4, 0.5) is 0 Å². The minimum atomic E-state index is -1.37. The second-order valence-electron chi connectivity index (χ2n) is 9.23. The Bertz CT molecular complexity index is 1410. The largest absolute Gasteiger partial charge is 0.519 e. The van der Waals surface area contributed by atoms with E-state index >= 15 is 0 Å². The van der Waals surface area contributed by atoms with Crippen LogP contribution in [0.15, 0.2) is 74.4 Å². The first-order chi connectivity index (χ1) is 18.3. The normalized spacial score (nSPS) is 13.4. The van der Waals surface area contributed by atoms with Crippen molar-refractivity contribution in [1.82, 2.24) is 20.7 Å². The summed E-state index contributed by atoms with van der Waals surface area (Å²) in [7, 11) is 0. The number of nitrogens with one attached hydrogen (secondary N) is 2. The van der Waals surface area contributed by atoms with E-state index in [2.05, 4.69) is 20.7 Å². The van der Waals surface area contributed by atoms with E-state index < -0.39 is 35.8 Å². The van der Waals surface area contributed by atoms with Gasteiger partial charge in [-0.25, -0.2) is 4.79 Å². The Morgan fingerprint density at radius 1 is 1.11 bits per heavy atom. The second kappa shape index (κ2) is 11.7. The number of amides is 1. The predicted molar refractivity (Wildman–Crippen MR) is 135 cm³/mol. The monoisotopic (exact) mass is 520 g/mol. The maximum absolute atomic E-state index is 13.0. The zero-order valence-corrected chi connectivity index (χ0v) is 21.0. The van der Waals surface area contributed by atoms with Crippen molar-refractivity contribution in [3.63, 3.8) is 0 Å². The fourth-order valence-electron chi connectivity index (χ4n) is 4.06. The summed E-state index contributed by atoms with van der Waals surface area (Å²) in [6.07, 6.45) is 1.79. The van der Waals surface area contributed by atoms with Crippen molar-refractivity contribution in [3.05, 3.63) is 94.2 Å². The lowest BCUT2D eigenvalue weighted by molar-refractivity contribution is -0.160. The molecule has 0 unspecified atom stereocenters. The number of aromatic nitrogens is 3. The van der Waals surface area contributed by atoms with Crippen LogP contribution in [0, 0.1) is 12.3 Å². The number of H-pyrrole nitrogens is 1. The van der Waals surface area contributed by atoms with Gasteiger partial charge < -0.3 is 24.0 Å². The molecule has 0 bridgehead atoms. The average molecular weight is 521 g/mol. The molecule has 0 saturated carbocycles. The molecule has 11 nitrogen and oxygen atoms in total. The third-order valence-corrected chi connectivity index (χ3v) is 6.24. The number of aliphatic hydroxyl groups excluding tert-OH is 1.